The molecule has 0 aromatic carbocycles. The maximum absolute atomic E-state index is 11.8. The van der Waals surface area contributed by atoms with E-state index in [0.29, 0.717) is 12.6 Å². The van der Waals surface area contributed by atoms with Crippen molar-refractivity contribution in [1.29, 1.82) is 0 Å². The molecule has 2 fully saturated rings. The van der Waals surface area contributed by atoms with Crippen LogP contribution < -0.4 is 0 Å². The smallest absolute Gasteiger partial charge is 0.323 e. The zero-order chi connectivity index (χ0) is 11.5. The first-order valence-electron chi connectivity index (χ1n) is 6.66. The highest BCUT2D eigenvalue weighted by Gasteiger charge is 2.39. The van der Waals surface area contributed by atoms with E-state index in [0.717, 1.165) is 12.5 Å². The van der Waals surface area contributed by atoms with Gasteiger partial charge in [-0.1, -0.05) is 6.42 Å². The minimum Gasteiger partial charge on any atom is -0.465 e. The summed E-state index contributed by atoms with van der Waals surface area (Å²) in [5, 5.41) is 0. The quantitative estimate of drug-likeness (QED) is 0.690. The van der Waals surface area contributed by atoms with Gasteiger partial charge in [-0.2, -0.15) is 0 Å². The molecule has 2 rings (SSSR count). The van der Waals surface area contributed by atoms with Crippen LogP contribution in [0.2, 0.25) is 0 Å². The third-order valence-electron chi connectivity index (χ3n) is 4.16. The van der Waals surface area contributed by atoms with Gasteiger partial charge in [0.25, 0.3) is 0 Å². The van der Waals surface area contributed by atoms with Gasteiger partial charge in [-0.25, -0.2) is 0 Å². The summed E-state index contributed by atoms with van der Waals surface area (Å²) < 4.78 is 5.12. The topological polar surface area (TPSA) is 29.5 Å². The van der Waals surface area contributed by atoms with E-state index in [2.05, 4.69) is 4.90 Å². The molecule has 3 unspecified atom stereocenters. The predicted octanol–water partition coefficient (Wildman–Crippen LogP) is 2.20. The average molecular weight is 225 g/mol. The molecule has 2 aliphatic rings. The molecule has 0 N–H and O–H groups in total. The molecule has 0 amide bonds. The Hall–Kier alpha value is -0.570. The van der Waals surface area contributed by atoms with Crippen molar-refractivity contribution in [2.24, 2.45) is 5.92 Å². The van der Waals surface area contributed by atoms with Gasteiger partial charge in [-0.15, -0.1) is 0 Å². The number of rotatable bonds is 3. The van der Waals surface area contributed by atoms with Gasteiger partial charge >= 0.3 is 5.97 Å². The summed E-state index contributed by atoms with van der Waals surface area (Å²) in [5.41, 5.74) is 0. The van der Waals surface area contributed by atoms with E-state index < -0.39 is 0 Å². The summed E-state index contributed by atoms with van der Waals surface area (Å²) >= 11 is 0. The molecule has 3 atom stereocenters. The van der Waals surface area contributed by atoms with Crippen molar-refractivity contribution in [3.63, 3.8) is 0 Å². The third kappa shape index (κ3) is 2.24. The molecule has 0 aromatic heterocycles. The number of nitrogens with zero attached hydrogens (tertiary/aromatic N) is 1. The molecule has 0 aromatic rings. The van der Waals surface area contributed by atoms with E-state index >= 15 is 0 Å². The summed E-state index contributed by atoms with van der Waals surface area (Å²) in [6.07, 6.45) is 6.56. The van der Waals surface area contributed by atoms with Gasteiger partial charge in [0.05, 0.1) is 6.61 Å². The molecule has 1 aliphatic carbocycles. The number of hydrogen-bond donors (Lipinski definition) is 0. The standard InChI is InChI=1S/C13H23NO2/c1-3-16-13(15)10(2)14-9-5-7-11-6-4-8-12(11)14/h10-12H,3-9H2,1-2H3. The minimum atomic E-state index is -0.0501. The number of likely N-dealkylation sites (tertiary alicyclic amines) is 1. The first-order chi connectivity index (χ1) is 7.74. The second kappa shape index (κ2) is 5.17. The summed E-state index contributed by atoms with van der Waals surface area (Å²) in [6, 6.07) is 0.596. The Morgan fingerprint density at radius 1 is 1.38 bits per heavy atom. The molecule has 1 saturated heterocycles. The summed E-state index contributed by atoms with van der Waals surface area (Å²) in [5.74, 6) is 0.792. The first kappa shape index (κ1) is 11.9. The summed E-state index contributed by atoms with van der Waals surface area (Å²) in [6.45, 7) is 5.43. The molecule has 1 heterocycles. The van der Waals surface area contributed by atoms with E-state index in [9.17, 15) is 4.79 Å². The van der Waals surface area contributed by atoms with Crippen molar-refractivity contribution < 1.29 is 9.53 Å². The molecular formula is C13H23NO2. The lowest BCUT2D eigenvalue weighted by molar-refractivity contribution is -0.150. The number of carbonyl (C=O) groups excluding carboxylic acids is 1. The Bertz CT molecular complexity index is 254. The second-order valence-electron chi connectivity index (χ2n) is 5.07. The fourth-order valence-electron chi connectivity index (χ4n) is 3.37. The number of piperidine rings is 1. The number of ether oxygens (including phenoxy) is 1. The molecule has 0 bridgehead atoms. The minimum absolute atomic E-state index is 0.0462. The van der Waals surface area contributed by atoms with Crippen LogP contribution in [-0.2, 0) is 9.53 Å². The molecule has 0 spiro atoms. The molecule has 16 heavy (non-hydrogen) atoms. The Balaban J connectivity index is 1.99. The number of hydrogen-bond acceptors (Lipinski definition) is 3. The second-order valence-corrected chi connectivity index (χ2v) is 5.07. The lowest BCUT2D eigenvalue weighted by atomic mass is 9.91. The van der Waals surface area contributed by atoms with Crippen LogP contribution in [0.1, 0.15) is 46.0 Å². The van der Waals surface area contributed by atoms with E-state index in [1.54, 1.807) is 0 Å². The Morgan fingerprint density at radius 2 is 2.12 bits per heavy atom. The van der Waals surface area contributed by atoms with Crippen LogP contribution in [0.15, 0.2) is 0 Å². The molecular weight excluding hydrogens is 202 g/mol. The van der Waals surface area contributed by atoms with Gasteiger partial charge in [0.1, 0.15) is 6.04 Å². The van der Waals surface area contributed by atoms with Crippen LogP contribution in [0, 0.1) is 5.92 Å². The maximum atomic E-state index is 11.8. The van der Waals surface area contributed by atoms with E-state index in [4.69, 9.17) is 4.74 Å². The van der Waals surface area contributed by atoms with Gasteiger partial charge < -0.3 is 4.74 Å². The van der Waals surface area contributed by atoms with E-state index in [-0.39, 0.29) is 12.0 Å². The van der Waals surface area contributed by atoms with Gasteiger partial charge in [0.15, 0.2) is 0 Å². The van der Waals surface area contributed by atoms with Crippen LogP contribution in [0.5, 0.6) is 0 Å². The van der Waals surface area contributed by atoms with Crippen LogP contribution in [0.25, 0.3) is 0 Å². The van der Waals surface area contributed by atoms with Crippen molar-refractivity contribution >= 4 is 5.97 Å². The van der Waals surface area contributed by atoms with Crippen molar-refractivity contribution in [3.8, 4) is 0 Å². The van der Waals surface area contributed by atoms with E-state index in [1.165, 1.54) is 32.1 Å². The van der Waals surface area contributed by atoms with E-state index in [1.807, 2.05) is 13.8 Å². The monoisotopic (exact) mass is 225 g/mol. The zero-order valence-electron chi connectivity index (χ0n) is 10.4. The number of esters is 1. The maximum Gasteiger partial charge on any atom is 0.323 e. The van der Waals surface area contributed by atoms with Crippen molar-refractivity contribution in [3.05, 3.63) is 0 Å². The lowest BCUT2D eigenvalue weighted by Crippen LogP contribution is -2.50. The zero-order valence-corrected chi connectivity index (χ0v) is 10.4. The average Bonchev–Trinajstić information content (AvgIpc) is 2.76. The van der Waals surface area contributed by atoms with Crippen LogP contribution in [-0.4, -0.2) is 36.1 Å². The highest BCUT2D eigenvalue weighted by Crippen LogP contribution is 2.37. The van der Waals surface area contributed by atoms with Gasteiger partial charge in [-0.05, 0) is 52.0 Å². The van der Waals surface area contributed by atoms with Gasteiger partial charge in [0, 0.05) is 6.04 Å². The summed E-state index contributed by atoms with van der Waals surface area (Å²) in [7, 11) is 0. The normalized spacial score (nSPS) is 32.1. The SMILES string of the molecule is CCOC(=O)C(C)N1CCCC2CCCC21. The molecule has 0 radical (unpaired) electrons. The summed E-state index contributed by atoms with van der Waals surface area (Å²) in [4.78, 5) is 14.2. The lowest BCUT2D eigenvalue weighted by Gasteiger charge is -2.40. The fourth-order valence-corrected chi connectivity index (χ4v) is 3.37. The first-order valence-corrected chi connectivity index (χ1v) is 6.66. The highest BCUT2D eigenvalue weighted by molar-refractivity contribution is 5.75. The van der Waals surface area contributed by atoms with Crippen LogP contribution >= 0.6 is 0 Å². The number of carbonyl (C=O) groups is 1. The number of fused-ring (bicyclic) bond motifs is 1. The molecule has 92 valence electrons. The fraction of sp³-hybridized carbons (Fsp3) is 0.923. The van der Waals surface area contributed by atoms with Gasteiger partial charge in [0.2, 0.25) is 0 Å². The van der Waals surface area contributed by atoms with Crippen molar-refractivity contribution in [1.82, 2.24) is 4.90 Å². The predicted molar refractivity (Wildman–Crippen MR) is 63.2 cm³/mol. The van der Waals surface area contributed by atoms with Crippen LogP contribution in [0.3, 0.4) is 0 Å². The largest absolute Gasteiger partial charge is 0.465 e. The molecule has 3 nitrogen and oxygen atoms in total. The van der Waals surface area contributed by atoms with Crippen molar-refractivity contribution in [2.75, 3.05) is 13.2 Å². The highest BCUT2D eigenvalue weighted by atomic mass is 16.5. The Morgan fingerprint density at radius 3 is 2.88 bits per heavy atom. The molecule has 1 saturated carbocycles. The molecule has 1 aliphatic heterocycles. The molecule has 3 heteroatoms. The van der Waals surface area contributed by atoms with Crippen LogP contribution in [0.4, 0.5) is 0 Å². The van der Waals surface area contributed by atoms with Crippen molar-refractivity contribution in [2.45, 2.75) is 58.0 Å². The Kier molecular flexibility index (Phi) is 3.85. The Labute approximate surface area is 98.1 Å². The van der Waals surface area contributed by atoms with Gasteiger partial charge in [-0.3, -0.25) is 9.69 Å². The third-order valence-corrected chi connectivity index (χ3v) is 4.16.